The zero-order valence-electron chi connectivity index (χ0n) is 13.1. The lowest BCUT2D eigenvalue weighted by molar-refractivity contribution is 0.206. The standard InChI is InChI=1S/C18H19BrN4/c1-22(15-7-2-5-13-6-4-10-20-18(13)15)11-14-12-23-16(19)8-3-9-17(23)21-14/h3-4,6,8-10,12,15H,2,5,7,11H2,1H3. The zero-order valence-corrected chi connectivity index (χ0v) is 14.7. The van der Waals surface area contributed by atoms with Crippen molar-refractivity contribution in [3.63, 3.8) is 0 Å². The summed E-state index contributed by atoms with van der Waals surface area (Å²) < 4.78 is 3.11. The Labute approximate surface area is 144 Å². The van der Waals surface area contributed by atoms with Gasteiger partial charge in [0.1, 0.15) is 5.65 Å². The van der Waals surface area contributed by atoms with Crippen LogP contribution in [0.3, 0.4) is 0 Å². The van der Waals surface area contributed by atoms with Gasteiger partial charge in [-0.15, -0.1) is 0 Å². The highest BCUT2D eigenvalue weighted by Crippen LogP contribution is 2.32. The molecule has 0 fully saturated rings. The van der Waals surface area contributed by atoms with E-state index in [9.17, 15) is 0 Å². The number of imidazole rings is 1. The number of nitrogens with zero attached hydrogens (tertiary/aromatic N) is 4. The van der Waals surface area contributed by atoms with Crippen molar-refractivity contribution < 1.29 is 0 Å². The van der Waals surface area contributed by atoms with Crippen molar-refractivity contribution in [1.82, 2.24) is 19.3 Å². The fourth-order valence-electron chi connectivity index (χ4n) is 3.48. The molecule has 3 aromatic rings. The largest absolute Gasteiger partial charge is 0.294 e. The lowest BCUT2D eigenvalue weighted by Crippen LogP contribution is -2.28. The highest BCUT2D eigenvalue weighted by Gasteiger charge is 2.25. The lowest BCUT2D eigenvalue weighted by Gasteiger charge is -2.31. The maximum atomic E-state index is 4.74. The molecule has 0 aromatic carbocycles. The van der Waals surface area contributed by atoms with Gasteiger partial charge in [-0.3, -0.25) is 14.3 Å². The summed E-state index contributed by atoms with van der Waals surface area (Å²) in [4.78, 5) is 11.8. The Bertz CT molecular complexity index is 842. The van der Waals surface area contributed by atoms with Crippen LogP contribution in [0.2, 0.25) is 0 Å². The van der Waals surface area contributed by atoms with Crippen molar-refractivity contribution >= 4 is 21.6 Å². The molecular weight excluding hydrogens is 352 g/mol. The van der Waals surface area contributed by atoms with Gasteiger partial charge in [-0.25, -0.2) is 4.98 Å². The van der Waals surface area contributed by atoms with Crippen LogP contribution in [0.5, 0.6) is 0 Å². The van der Waals surface area contributed by atoms with Crippen molar-refractivity contribution in [2.75, 3.05) is 7.05 Å². The summed E-state index contributed by atoms with van der Waals surface area (Å²) in [7, 11) is 2.17. The third-order valence-corrected chi connectivity index (χ3v) is 5.25. The first-order chi connectivity index (χ1) is 11.2. The molecule has 0 spiro atoms. The third kappa shape index (κ3) is 2.79. The van der Waals surface area contributed by atoms with Crippen LogP contribution >= 0.6 is 15.9 Å². The molecule has 0 N–H and O–H groups in total. The van der Waals surface area contributed by atoms with Gasteiger partial charge in [0.05, 0.1) is 22.0 Å². The summed E-state index contributed by atoms with van der Waals surface area (Å²) in [6, 6.07) is 10.7. The quantitative estimate of drug-likeness (QED) is 0.653. The highest BCUT2D eigenvalue weighted by atomic mass is 79.9. The maximum absolute atomic E-state index is 4.74. The van der Waals surface area contributed by atoms with Crippen LogP contribution in [-0.2, 0) is 13.0 Å². The summed E-state index contributed by atoms with van der Waals surface area (Å²) in [5, 5.41) is 0. The molecule has 0 aliphatic heterocycles. The van der Waals surface area contributed by atoms with Crippen LogP contribution in [0.15, 0.2) is 47.3 Å². The predicted octanol–water partition coefficient (Wildman–Crippen LogP) is 4.00. The molecule has 1 unspecified atom stereocenters. The molecule has 3 aromatic heterocycles. The minimum absolute atomic E-state index is 0.383. The number of pyridine rings is 2. The molecule has 0 saturated carbocycles. The molecule has 1 atom stereocenters. The number of fused-ring (bicyclic) bond motifs is 2. The summed E-state index contributed by atoms with van der Waals surface area (Å²) in [5.41, 5.74) is 4.70. The van der Waals surface area contributed by atoms with Gasteiger partial charge in [-0.2, -0.15) is 0 Å². The van der Waals surface area contributed by atoms with E-state index in [1.54, 1.807) is 0 Å². The number of rotatable bonds is 3. The Balaban J connectivity index is 1.60. The van der Waals surface area contributed by atoms with Gasteiger partial charge in [-0.05, 0) is 66.0 Å². The van der Waals surface area contributed by atoms with E-state index in [4.69, 9.17) is 4.98 Å². The second-order valence-corrected chi connectivity index (χ2v) is 6.99. The second kappa shape index (κ2) is 6.06. The van der Waals surface area contributed by atoms with E-state index >= 15 is 0 Å². The van der Waals surface area contributed by atoms with E-state index in [-0.39, 0.29) is 0 Å². The zero-order chi connectivity index (χ0) is 15.8. The van der Waals surface area contributed by atoms with E-state index in [0.717, 1.165) is 35.3 Å². The monoisotopic (exact) mass is 370 g/mol. The molecular formula is C18H19BrN4. The summed E-state index contributed by atoms with van der Waals surface area (Å²) in [6.07, 6.45) is 7.56. The lowest BCUT2D eigenvalue weighted by atomic mass is 9.91. The van der Waals surface area contributed by atoms with Crippen LogP contribution in [0, 0.1) is 0 Å². The van der Waals surface area contributed by atoms with E-state index in [1.807, 2.05) is 30.5 Å². The van der Waals surface area contributed by atoms with Crippen LogP contribution in [0.1, 0.15) is 35.8 Å². The van der Waals surface area contributed by atoms with E-state index in [1.165, 1.54) is 17.7 Å². The Hall–Kier alpha value is -1.72. The van der Waals surface area contributed by atoms with Crippen LogP contribution in [-0.4, -0.2) is 26.3 Å². The number of aryl methyl sites for hydroxylation is 1. The first-order valence-corrected chi connectivity index (χ1v) is 8.78. The molecule has 0 saturated heterocycles. The first kappa shape index (κ1) is 14.8. The molecule has 1 aliphatic rings. The van der Waals surface area contributed by atoms with E-state index in [2.05, 4.69) is 49.5 Å². The highest BCUT2D eigenvalue weighted by molar-refractivity contribution is 9.10. The van der Waals surface area contributed by atoms with Crippen molar-refractivity contribution in [3.05, 3.63) is 64.3 Å². The van der Waals surface area contributed by atoms with Crippen molar-refractivity contribution in [2.45, 2.75) is 31.8 Å². The average molecular weight is 371 g/mol. The number of hydrogen-bond acceptors (Lipinski definition) is 3. The predicted molar refractivity (Wildman–Crippen MR) is 94.3 cm³/mol. The van der Waals surface area contributed by atoms with Gasteiger partial charge in [0.15, 0.2) is 0 Å². The van der Waals surface area contributed by atoms with Gasteiger partial charge < -0.3 is 0 Å². The Morgan fingerprint density at radius 2 is 2.22 bits per heavy atom. The number of hydrogen-bond donors (Lipinski definition) is 0. The molecule has 4 nitrogen and oxygen atoms in total. The Kier molecular flexibility index (Phi) is 3.91. The molecule has 3 heterocycles. The third-order valence-electron chi connectivity index (χ3n) is 4.60. The first-order valence-electron chi connectivity index (χ1n) is 7.99. The van der Waals surface area contributed by atoms with Crippen LogP contribution < -0.4 is 0 Å². The van der Waals surface area contributed by atoms with E-state index in [0.29, 0.717) is 6.04 Å². The molecule has 0 bridgehead atoms. The molecule has 1 aliphatic carbocycles. The number of halogens is 1. The minimum atomic E-state index is 0.383. The van der Waals surface area contributed by atoms with Crippen molar-refractivity contribution in [3.8, 4) is 0 Å². The van der Waals surface area contributed by atoms with Gasteiger partial charge >= 0.3 is 0 Å². The summed E-state index contributed by atoms with van der Waals surface area (Å²) >= 11 is 3.57. The van der Waals surface area contributed by atoms with Gasteiger partial charge in [0.25, 0.3) is 0 Å². The normalized spacial score (nSPS) is 17.6. The molecule has 118 valence electrons. The Morgan fingerprint density at radius 3 is 3.09 bits per heavy atom. The van der Waals surface area contributed by atoms with Gasteiger partial charge in [0, 0.05) is 18.9 Å². The van der Waals surface area contributed by atoms with Gasteiger partial charge in [0.2, 0.25) is 0 Å². The SMILES string of the molecule is CN(Cc1cn2c(Br)cccc2n1)C1CCCc2cccnc21. The molecule has 4 rings (SSSR count). The van der Waals surface area contributed by atoms with Crippen LogP contribution in [0.4, 0.5) is 0 Å². The van der Waals surface area contributed by atoms with Crippen molar-refractivity contribution in [1.29, 1.82) is 0 Å². The molecule has 23 heavy (non-hydrogen) atoms. The fourth-order valence-corrected chi connectivity index (χ4v) is 3.92. The average Bonchev–Trinajstić information content (AvgIpc) is 2.98. The van der Waals surface area contributed by atoms with Crippen LogP contribution in [0.25, 0.3) is 5.65 Å². The smallest absolute Gasteiger partial charge is 0.137 e. The van der Waals surface area contributed by atoms with Crippen molar-refractivity contribution in [2.24, 2.45) is 0 Å². The summed E-state index contributed by atoms with van der Waals surface area (Å²) in [5.74, 6) is 0. The molecule has 0 amide bonds. The second-order valence-electron chi connectivity index (χ2n) is 6.18. The minimum Gasteiger partial charge on any atom is -0.294 e. The van der Waals surface area contributed by atoms with E-state index < -0.39 is 0 Å². The Morgan fingerprint density at radius 1 is 1.30 bits per heavy atom. The molecule has 0 radical (unpaired) electrons. The molecule has 5 heteroatoms. The maximum Gasteiger partial charge on any atom is 0.137 e. The van der Waals surface area contributed by atoms with Gasteiger partial charge in [-0.1, -0.05) is 12.1 Å². The fraction of sp³-hybridized carbons (Fsp3) is 0.333. The topological polar surface area (TPSA) is 33.4 Å². The number of aromatic nitrogens is 3. The summed E-state index contributed by atoms with van der Waals surface area (Å²) in [6.45, 7) is 0.828.